The third-order valence-corrected chi connectivity index (χ3v) is 5.46. The van der Waals surface area contributed by atoms with E-state index >= 15 is 0 Å². The van der Waals surface area contributed by atoms with Crippen LogP contribution in [-0.2, 0) is 16.4 Å². The summed E-state index contributed by atoms with van der Waals surface area (Å²) in [6.45, 7) is 2.90. The summed E-state index contributed by atoms with van der Waals surface area (Å²) in [5.74, 6) is -0.000330. The summed E-state index contributed by atoms with van der Waals surface area (Å²) < 4.78 is 24.3. The van der Waals surface area contributed by atoms with Crippen molar-refractivity contribution in [3.8, 4) is 6.07 Å². The Morgan fingerprint density at radius 3 is 2.90 bits per heavy atom. The average molecular weight is 321 g/mol. The van der Waals surface area contributed by atoms with Crippen molar-refractivity contribution >= 4 is 21.2 Å². The largest absolute Gasteiger partial charge is 0.311 e. The van der Waals surface area contributed by atoms with Crippen LogP contribution in [0.3, 0.4) is 0 Å². The van der Waals surface area contributed by atoms with E-state index in [1.54, 1.807) is 29.7 Å². The smallest absolute Gasteiger partial charge is 0.179 e. The molecule has 0 aliphatic rings. The van der Waals surface area contributed by atoms with Crippen LogP contribution in [0.25, 0.3) is 0 Å². The third kappa shape index (κ3) is 4.36. The van der Waals surface area contributed by atoms with Crippen molar-refractivity contribution in [1.82, 2.24) is 10.3 Å². The van der Waals surface area contributed by atoms with E-state index in [0.29, 0.717) is 18.7 Å². The topological polar surface area (TPSA) is 82.8 Å². The summed E-state index contributed by atoms with van der Waals surface area (Å²) in [7, 11) is -3.37. The summed E-state index contributed by atoms with van der Waals surface area (Å²) in [6, 6.07) is 8.04. The summed E-state index contributed by atoms with van der Waals surface area (Å²) >= 11 is 1.59. The van der Waals surface area contributed by atoms with Crippen LogP contribution in [0.1, 0.15) is 15.4 Å². The molecule has 1 aromatic carbocycles. The Kier molecular flexibility index (Phi) is 5.07. The molecule has 1 N–H and O–H groups in total. The van der Waals surface area contributed by atoms with Crippen LogP contribution in [0, 0.1) is 18.3 Å². The van der Waals surface area contributed by atoms with E-state index in [1.165, 1.54) is 12.1 Å². The van der Waals surface area contributed by atoms with Gasteiger partial charge >= 0.3 is 0 Å². The predicted molar refractivity (Wildman–Crippen MR) is 81.8 cm³/mol. The first kappa shape index (κ1) is 15.6. The van der Waals surface area contributed by atoms with Gasteiger partial charge in [-0.3, -0.25) is 0 Å². The molecular weight excluding hydrogens is 306 g/mol. The highest BCUT2D eigenvalue weighted by Gasteiger charge is 2.14. The molecule has 0 spiro atoms. The number of thiazole rings is 1. The van der Waals surface area contributed by atoms with Gasteiger partial charge in [-0.1, -0.05) is 6.07 Å². The highest BCUT2D eigenvalue weighted by molar-refractivity contribution is 7.91. The zero-order valence-corrected chi connectivity index (χ0v) is 13.2. The van der Waals surface area contributed by atoms with E-state index in [1.807, 2.05) is 13.0 Å². The molecule has 2 aromatic rings. The van der Waals surface area contributed by atoms with Gasteiger partial charge < -0.3 is 5.32 Å². The molecule has 2 rings (SSSR count). The Balaban J connectivity index is 1.90. The summed E-state index contributed by atoms with van der Waals surface area (Å²) in [5.41, 5.74) is 0.351. The van der Waals surface area contributed by atoms with Gasteiger partial charge in [0.2, 0.25) is 0 Å². The number of aryl methyl sites for hydroxylation is 1. The van der Waals surface area contributed by atoms with Gasteiger partial charge in [-0.15, -0.1) is 11.3 Å². The minimum absolute atomic E-state index is 0.000330. The number of nitrogens with one attached hydrogen (secondary N) is 1. The summed E-state index contributed by atoms with van der Waals surface area (Å²) in [6.07, 6.45) is 1.79. The molecule has 110 valence electrons. The minimum Gasteiger partial charge on any atom is -0.311 e. The number of hydrogen-bond donors (Lipinski definition) is 1. The van der Waals surface area contributed by atoms with E-state index < -0.39 is 9.84 Å². The fraction of sp³-hybridized carbons (Fsp3) is 0.286. The fourth-order valence-electron chi connectivity index (χ4n) is 1.78. The molecule has 0 saturated heterocycles. The van der Waals surface area contributed by atoms with Gasteiger partial charge in [-0.05, 0) is 25.1 Å². The molecule has 0 aliphatic carbocycles. The highest BCUT2D eigenvalue weighted by Crippen LogP contribution is 2.13. The monoisotopic (exact) mass is 321 g/mol. The van der Waals surface area contributed by atoms with Gasteiger partial charge in [-0.25, -0.2) is 13.4 Å². The van der Waals surface area contributed by atoms with Crippen molar-refractivity contribution in [2.24, 2.45) is 0 Å². The predicted octanol–water partition coefficient (Wildman–Crippen LogP) is 1.89. The average Bonchev–Trinajstić information content (AvgIpc) is 2.89. The summed E-state index contributed by atoms with van der Waals surface area (Å²) in [4.78, 5) is 5.41. The molecule has 0 atom stereocenters. The maximum absolute atomic E-state index is 12.2. The van der Waals surface area contributed by atoms with E-state index in [-0.39, 0.29) is 10.6 Å². The van der Waals surface area contributed by atoms with Crippen molar-refractivity contribution < 1.29 is 8.42 Å². The quantitative estimate of drug-likeness (QED) is 0.822. The van der Waals surface area contributed by atoms with Gasteiger partial charge in [0.05, 0.1) is 27.3 Å². The van der Waals surface area contributed by atoms with Crippen LogP contribution in [0.2, 0.25) is 0 Å². The summed E-state index contributed by atoms with van der Waals surface area (Å²) in [5, 5.41) is 12.9. The van der Waals surface area contributed by atoms with Gasteiger partial charge in [-0.2, -0.15) is 5.26 Å². The maximum Gasteiger partial charge on any atom is 0.179 e. The molecule has 1 aromatic heterocycles. The Labute approximate surface area is 128 Å². The van der Waals surface area contributed by atoms with Crippen molar-refractivity contribution in [2.75, 3.05) is 12.3 Å². The first-order valence-electron chi connectivity index (χ1n) is 6.36. The maximum atomic E-state index is 12.2. The lowest BCUT2D eigenvalue weighted by Crippen LogP contribution is -2.22. The number of hydrogen-bond acceptors (Lipinski definition) is 6. The molecule has 0 amide bonds. The lowest BCUT2D eigenvalue weighted by Gasteiger charge is -2.05. The second-order valence-corrected chi connectivity index (χ2v) is 7.91. The zero-order chi connectivity index (χ0) is 15.3. The van der Waals surface area contributed by atoms with E-state index in [4.69, 9.17) is 5.26 Å². The normalized spacial score (nSPS) is 11.2. The number of rotatable bonds is 6. The molecule has 0 fully saturated rings. The standard InChI is InChI=1S/C14H15N3O2S2/c1-11-17-10-13(20-11)9-16-5-6-21(18,19)14-4-2-3-12(7-14)8-15/h2-4,7,10,16H,5-6,9H2,1H3. The number of aromatic nitrogens is 1. The third-order valence-electron chi connectivity index (χ3n) is 2.84. The fourth-order valence-corrected chi connectivity index (χ4v) is 3.79. The molecule has 7 heteroatoms. The van der Waals surface area contributed by atoms with Crippen molar-refractivity contribution in [3.05, 3.63) is 45.9 Å². The second-order valence-electron chi connectivity index (χ2n) is 4.48. The molecule has 21 heavy (non-hydrogen) atoms. The molecule has 1 heterocycles. The van der Waals surface area contributed by atoms with Crippen molar-refractivity contribution in [2.45, 2.75) is 18.4 Å². The van der Waals surface area contributed by atoms with Gasteiger partial charge in [0.15, 0.2) is 9.84 Å². The first-order chi connectivity index (χ1) is 10.0. The molecule has 0 saturated carbocycles. The number of nitriles is 1. The molecule has 0 aliphatic heterocycles. The van der Waals surface area contributed by atoms with E-state index in [9.17, 15) is 8.42 Å². The lowest BCUT2D eigenvalue weighted by molar-refractivity contribution is 0.591. The highest BCUT2D eigenvalue weighted by atomic mass is 32.2. The zero-order valence-electron chi connectivity index (χ0n) is 11.5. The van der Waals surface area contributed by atoms with Crippen molar-refractivity contribution in [3.63, 3.8) is 0 Å². The SMILES string of the molecule is Cc1ncc(CNCCS(=O)(=O)c2cccc(C#N)c2)s1. The minimum atomic E-state index is -3.37. The van der Waals surface area contributed by atoms with Crippen LogP contribution < -0.4 is 5.32 Å². The lowest BCUT2D eigenvalue weighted by atomic mass is 10.2. The molecule has 0 unspecified atom stereocenters. The van der Waals surface area contributed by atoms with E-state index in [2.05, 4.69) is 10.3 Å². The molecule has 0 radical (unpaired) electrons. The Morgan fingerprint density at radius 1 is 1.43 bits per heavy atom. The number of benzene rings is 1. The van der Waals surface area contributed by atoms with Gasteiger partial charge in [0.1, 0.15) is 0 Å². The van der Waals surface area contributed by atoms with E-state index in [0.717, 1.165) is 9.88 Å². The van der Waals surface area contributed by atoms with Crippen LogP contribution in [0.5, 0.6) is 0 Å². The van der Waals surface area contributed by atoms with Crippen LogP contribution in [0.4, 0.5) is 0 Å². The second kappa shape index (κ2) is 6.80. The van der Waals surface area contributed by atoms with Crippen LogP contribution in [0.15, 0.2) is 35.4 Å². The van der Waals surface area contributed by atoms with Crippen LogP contribution in [-0.4, -0.2) is 25.7 Å². The first-order valence-corrected chi connectivity index (χ1v) is 8.83. The Hall–Kier alpha value is -1.75. The van der Waals surface area contributed by atoms with Crippen molar-refractivity contribution in [1.29, 1.82) is 5.26 Å². The number of nitrogens with zero attached hydrogens (tertiary/aromatic N) is 2. The van der Waals surface area contributed by atoms with Crippen LogP contribution >= 0.6 is 11.3 Å². The van der Waals surface area contributed by atoms with Gasteiger partial charge in [0, 0.05) is 24.2 Å². The number of sulfone groups is 1. The van der Waals surface area contributed by atoms with Gasteiger partial charge in [0.25, 0.3) is 0 Å². The molecular formula is C14H15N3O2S2. The molecule has 5 nitrogen and oxygen atoms in total. The Bertz CT molecular complexity index is 761. The Morgan fingerprint density at radius 2 is 2.24 bits per heavy atom. The molecule has 0 bridgehead atoms.